The van der Waals surface area contributed by atoms with Crippen molar-refractivity contribution in [3.8, 4) is 0 Å². The maximum atomic E-state index is 13.4. The Kier molecular flexibility index (Phi) is 49.7. The van der Waals surface area contributed by atoms with Crippen LogP contribution in [-0.2, 0) is 33.2 Å². The molecular formula is C74H129NO18. The largest absolute Gasteiger partial charge is 0.394 e. The maximum Gasteiger partial charge on any atom is 0.220 e. The Labute approximate surface area is 559 Å². The Morgan fingerprint density at radius 1 is 0.398 bits per heavy atom. The van der Waals surface area contributed by atoms with E-state index in [2.05, 4.69) is 86.0 Å². The minimum absolute atomic E-state index is 0.153. The van der Waals surface area contributed by atoms with E-state index in [4.69, 9.17) is 28.4 Å². The number of allylic oxidation sites excluding steroid dienone is 13. The molecule has 0 saturated carbocycles. The van der Waals surface area contributed by atoms with Gasteiger partial charge in [-0.25, -0.2) is 0 Å². The zero-order valence-electron chi connectivity index (χ0n) is 57.0. The molecule has 0 radical (unpaired) electrons. The number of nitrogens with one attached hydrogen (secondary N) is 1. The lowest BCUT2D eigenvalue weighted by Crippen LogP contribution is -2.66. The molecule has 0 spiro atoms. The summed E-state index contributed by atoms with van der Waals surface area (Å²) in [6.07, 6.45) is 44.5. The molecule has 19 nitrogen and oxygen atoms in total. The molecule has 0 aromatic rings. The van der Waals surface area contributed by atoms with Crippen LogP contribution in [0.25, 0.3) is 0 Å². The molecule has 19 heteroatoms. The highest BCUT2D eigenvalue weighted by Crippen LogP contribution is 2.33. The first-order valence-electron chi connectivity index (χ1n) is 36.3. The van der Waals surface area contributed by atoms with Gasteiger partial charge in [-0.05, 0) is 70.6 Å². The third-order valence-corrected chi connectivity index (χ3v) is 17.7. The third kappa shape index (κ3) is 36.4. The van der Waals surface area contributed by atoms with E-state index >= 15 is 0 Å². The second-order valence-corrected chi connectivity index (χ2v) is 25.7. The number of aliphatic hydroxyl groups excluding tert-OH is 11. The lowest BCUT2D eigenvalue weighted by atomic mass is 9.96. The molecule has 3 saturated heterocycles. The molecule has 12 N–H and O–H groups in total. The highest BCUT2D eigenvalue weighted by molar-refractivity contribution is 5.76. The van der Waals surface area contributed by atoms with Crippen LogP contribution in [0, 0.1) is 0 Å². The van der Waals surface area contributed by atoms with Gasteiger partial charge in [0.25, 0.3) is 0 Å². The second-order valence-electron chi connectivity index (χ2n) is 25.7. The summed E-state index contributed by atoms with van der Waals surface area (Å²) in [4.78, 5) is 13.4. The van der Waals surface area contributed by atoms with E-state index in [-0.39, 0.29) is 12.3 Å². The number of unbranched alkanes of at least 4 members (excludes halogenated alkanes) is 27. The first kappa shape index (κ1) is 84.2. The lowest BCUT2D eigenvalue weighted by molar-refractivity contribution is -0.379. The third-order valence-electron chi connectivity index (χ3n) is 17.7. The minimum Gasteiger partial charge on any atom is -0.394 e. The molecule has 0 aromatic heterocycles. The van der Waals surface area contributed by atoms with E-state index in [9.17, 15) is 61.0 Å². The molecule has 0 aliphatic carbocycles. The molecule has 3 heterocycles. The molecule has 0 bridgehead atoms. The molecule has 1 amide bonds. The molecule has 3 aliphatic heterocycles. The van der Waals surface area contributed by atoms with Gasteiger partial charge in [0.2, 0.25) is 5.91 Å². The molecule has 538 valence electrons. The molecule has 3 fully saturated rings. The molecule has 3 aliphatic rings. The molecular weight excluding hydrogens is 1190 g/mol. The van der Waals surface area contributed by atoms with Crippen molar-refractivity contribution in [1.29, 1.82) is 0 Å². The monoisotopic (exact) mass is 1320 g/mol. The highest BCUT2D eigenvalue weighted by atomic mass is 16.8. The smallest absolute Gasteiger partial charge is 0.220 e. The quantitative estimate of drug-likeness (QED) is 0.0199. The number of carbonyl (C=O) groups is 1. The topological polar surface area (TPSA) is 307 Å². The Morgan fingerprint density at radius 2 is 0.753 bits per heavy atom. The standard InChI is InChI=1S/C74H129NO18/c1-3-5-7-9-11-13-15-17-19-21-22-23-24-25-26-27-28-29-30-31-32-33-34-36-37-39-41-43-45-47-49-51-58(79)57(75-62(80)52-50-48-46-44-42-40-38-35-20-18-16-14-12-10-8-6-4-2)56-88-72-68(86)65(83)70(60(54-77)90-72)93-74-69(87)66(84)71(61(55-78)91-74)92-73-67(85)64(82)63(81)59(53-76)89-73/h6,8,12,14,18,20,38,40-41,43-44,46,49,51,57-61,63-74,76-79,81-87H,3-5,7,9-11,13,15-17,19,21-37,39,42,45,47-48,50,52-56H2,1-2H3,(H,75,80)/b8-6-,14-12-,20-18-,40-38-,43-41+,46-44-,51-49+. The summed E-state index contributed by atoms with van der Waals surface area (Å²) in [5, 5.41) is 120. The lowest BCUT2D eigenvalue weighted by Gasteiger charge is -2.48. The molecule has 3 rings (SSSR count). The van der Waals surface area contributed by atoms with Crippen molar-refractivity contribution in [2.45, 2.75) is 349 Å². The molecule has 93 heavy (non-hydrogen) atoms. The van der Waals surface area contributed by atoms with Crippen molar-refractivity contribution in [2.75, 3.05) is 26.4 Å². The van der Waals surface area contributed by atoms with Crippen LogP contribution >= 0.6 is 0 Å². The average molecular weight is 1320 g/mol. The fourth-order valence-electron chi connectivity index (χ4n) is 11.8. The second kappa shape index (κ2) is 54.9. The number of rotatable bonds is 55. The van der Waals surface area contributed by atoms with Gasteiger partial charge in [0, 0.05) is 6.42 Å². The van der Waals surface area contributed by atoms with Crippen molar-refractivity contribution in [3.63, 3.8) is 0 Å². The van der Waals surface area contributed by atoms with Gasteiger partial charge in [-0.2, -0.15) is 0 Å². The summed E-state index contributed by atoms with van der Waals surface area (Å²) < 4.78 is 34.3. The van der Waals surface area contributed by atoms with Crippen molar-refractivity contribution in [1.82, 2.24) is 5.32 Å². The summed E-state index contributed by atoms with van der Waals surface area (Å²) in [6, 6.07) is -1.03. The summed E-state index contributed by atoms with van der Waals surface area (Å²) >= 11 is 0. The first-order valence-corrected chi connectivity index (χ1v) is 36.3. The first-order chi connectivity index (χ1) is 45.3. The van der Waals surface area contributed by atoms with Crippen LogP contribution < -0.4 is 5.32 Å². The van der Waals surface area contributed by atoms with Gasteiger partial charge in [0.1, 0.15) is 73.2 Å². The predicted octanol–water partition coefficient (Wildman–Crippen LogP) is 10.3. The molecule has 17 atom stereocenters. The van der Waals surface area contributed by atoms with Gasteiger partial charge in [-0.15, -0.1) is 0 Å². The number of aliphatic hydroxyl groups is 11. The minimum atomic E-state index is -1.99. The van der Waals surface area contributed by atoms with Crippen molar-refractivity contribution >= 4 is 5.91 Å². The van der Waals surface area contributed by atoms with E-state index in [1.165, 1.54) is 154 Å². The van der Waals surface area contributed by atoms with Crippen molar-refractivity contribution in [2.24, 2.45) is 0 Å². The Hall–Kier alpha value is -3.03. The Balaban J connectivity index is 1.42. The van der Waals surface area contributed by atoms with Crippen LogP contribution in [0.4, 0.5) is 0 Å². The van der Waals surface area contributed by atoms with E-state index in [0.717, 1.165) is 51.4 Å². The van der Waals surface area contributed by atoms with Crippen molar-refractivity contribution in [3.05, 3.63) is 85.1 Å². The van der Waals surface area contributed by atoms with Crippen LogP contribution in [0.2, 0.25) is 0 Å². The maximum absolute atomic E-state index is 13.4. The van der Waals surface area contributed by atoms with E-state index in [1.54, 1.807) is 6.08 Å². The number of carbonyl (C=O) groups excluding carboxylic acids is 1. The summed E-state index contributed by atoms with van der Waals surface area (Å²) in [6.45, 7) is 1.56. The molecule has 17 unspecified atom stereocenters. The van der Waals surface area contributed by atoms with Crippen LogP contribution in [-0.4, -0.2) is 193 Å². The van der Waals surface area contributed by atoms with E-state index in [1.807, 2.05) is 12.2 Å². The predicted molar refractivity (Wildman–Crippen MR) is 364 cm³/mol. The van der Waals surface area contributed by atoms with Gasteiger partial charge < -0.3 is 89.9 Å². The van der Waals surface area contributed by atoms with Gasteiger partial charge >= 0.3 is 0 Å². The highest BCUT2D eigenvalue weighted by Gasteiger charge is 2.53. The van der Waals surface area contributed by atoms with Crippen LogP contribution in [0.5, 0.6) is 0 Å². The molecule has 0 aromatic carbocycles. The van der Waals surface area contributed by atoms with Crippen LogP contribution in [0.15, 0.2) is 85.1 Å². The number of hydrogen-bond donors (Lipinski definition) is 12. The van der Waals surface area contributed by atoms with Gasteiger partial charge in [-0.1, -0.05) is 253 Å². The normalized spacial score (nSPS) is 28.0. The SMILES string of the molecule is CC/C=C\C/C=C\C/C=C\C/C=C\C/C=C\CCCC(=O)NC(COC1OC(CO)C(OC2OC(CO)C(OC3OC(CO)C(O)C(O)C3O)C(O)C2O)C(O)C1O)C(O)/C=C/CC/C=C/CCCCCCCCCCCCCCCCCCCCCCCCCCC. The Morgan fingerprint density at radius 3 is 1.20 bits per heavy atom. The summed E-state index contributed by atoms with van der Waals surface area (Å²) in [7, 11) is 0. The van der Waals surface area contributed by atoms with Gasteiger partial charge in [-0.3, -0.25) is 4.79 Å². The number of hydrogen-bond acceptors (Lipinski definition) is 18. The van der Waals surface area contributed by atoms with E-state index < -0.39 is 131 Å². The van der Waals surface area contributed by atoms with Gasteiger partial charge in [0.05, 0.1) is 38.6 Å². The fraction of sp³-hybridized carbons (Fsp3) is 0.797. The summed E-state index contributed by atoms with van der Waals surface area (Å²) in [5.41, 5.74) is 0. The Bertz CT molecular complexity index is 2010. The van der Waals surface area contributed by atoms with Crippen LogP contribution in [0.3, 0.4) is 0 Å². The number of ether oxygens (including phenoxy) is 6. The zero-order chi connectivity index (χ0) is 67.5. The van der Waals surface area contributed by atoms with Crippen molar-refractivity contribution < 1.29 is 89.4 Å². The number of amides is 1. The zero-order valence-corrected chi connectivity index (χ0v) is 57.0. The van der Waals surface area contributed by atoms with Crippen LogP contribution in [0.1, 0.15) is 245 Å². The average Bonchev–Trinajstić information content (AvgIpc) is 0.815. The fourth-order valence-corrected chi connectivity index (χ4v) is 11.8. The van der Waals surface area contributed by atoms with Gasteiger partial charge in [0.15, 0.2) is 18.9 Å². The summed E-state index contributed by atoms with van der Waals surface area (Å²) in [5.74, 6) is -0.343. The van der Waals surface area contributed by atoms with E-state index in [0.29, 0.717) is 19.3 Å².